The van der Waals surface area contributed by atoms with E-state index in [2.05, 4.69) is 15.3 Å². The molecule has 1 N–H and O–H groups in total. The van der Waals surface area contributed by atoms with Crippen molar-refractivity contribution in [3.05, 3.63) is 51.9 Å². The molecule has 3 rings (SSSR count). The highest BCUT2D eigenvalue weighted by atomic mass is 35.5. The van der Waals surface area contributed by atoms with E-state index in [1.54, 1.807) is 30.5 Å². The third-order valence-electron chi connectivity index (χ3n) is 5.03. The Bertz CT molecular complexity index is 966. The lowest BCUT2D eigenvalue weighted by molar-refractivity contribution is 0.0448. The predicted molar refractivity (Wildman–Crippen MR) is 121 cm³/mol. The number of hydrogen-bond acceptors (Lipinski definition) is 6. The van der Waals surface area contributed by atoms with E-state index in [9.17, 15) is 9.59 Å². The predicted octanol–water partition coefficient (Wildman–Crippen LogP) is 4.90. The molecule has 0 saturated carbocycles. The summed E-state index contributed by atoms with van der Waals surface area (Å²) < 4.78 is 5.37. The summed E-state index contributed by atoms with van der Waals surface area (Å²) in [5.41, 5.74) is -0.379. The minimum atomic E-state index is -0.543. The summed E-state index contributed by atoms with van der Waals surface area (Å²) in [4.78, 5) is 35.5. The van der Waals surface area contributed by atoms with Crippen LogP contribution in [-0.4, -0.2) is 46.1 Å². The first-order valence-corrected chi connectivity index (χ1v) is 10.8. The summed E-state index contributed by atoms with van der Waals surface area (Å²) in [6.45, 7) is 8.81. The van der Waals surface area contributed by atoms with Gasteiger partial charge in [-0.05, 0) is 64.8 Å². The van der Waals surface area contributed by atoms with Crippen molar-refractivity contribution in [2.75, 3.05) is 18.0 Å². The maximum Gasteiger partial charge on any atom is 0.408 e. The fourth-order valence-electron chi connectivity index (χ4n) is 3.30. The molecular formula is C22H26Cl2N4O3. The molecule has 0 spiro atoms. The van der Waals surface area contributed by atoms with Gasteiger partial charge in [0.1, 0.15) is 17.1 Å². The van der Waals surface area contributed by atoms with Crippen LogP contribution in [0.15, 0.2) is 30.5 Å². The van der Waals surface area contributed by atoms with Gasteiger partial charge >= 0.3 is 6.09 Å². The molecular weight excluding hydrogens is 439 g/mol. The van der Waals surface area contributed by atoms with Gasteiger partial charge in [-0.2, -0.15) is 0 Å². The second-order valence-corrected chi connectivity index (χ2v) is 9.67. The van der Waals surface area contributed by atoms with Crippen molar-refractivity contribution < 1.29 is 14.3 Å². The molecule has 0 unspecified atom stereocenters. The molecule has 1 amide bonds. The molecule has 2 heterocycles. The quantitative estimate of drug-likeness (QED) is 0.647. The van der Waals surface area contributed by atoms with Gasteiger partial charge in [0.25, 0.3) is 0 Å². The molecule has 1 aromatic heterocycles. The molecule has 0 radical (unpaired) electrons. The van der Waals surface area contributed by atoms with Crippen LogP contribution in [0.4, 0.5) is 10.6 Å². The molecule has 7 nitrogen and oxygen atoms in total. The average molecular weight is 465 g/mol. The summed E-state index contributed by atoms with van der Waals surface area (Å²) in [7, 11) is 0. The monoisotopic (exact) mass is 464 g/mol. The summed E-state index contributed by atoms with van der Waals surface area (Å²) >= 11 is 12.2. The van der Waals surface area contributed by atoms with Crippen molar-refractivity contribution in [1.82, 2.24) is 15.3 Å². The van der Waals surface area contributed by atoms with E-state index in [4.69, 9.17) is 27.9 Å². The Morgan fingerprint density at radius 1 is 1.13 bits per heavy atom. The number of carbonyl (C=O) groups is 2. The number of halogens is 2. The number of nitrogens with zero attached hydrogens (tertiary/aromatic N) is 3. The van der Waals surface area contributed by atoms with Gasteiger partial charge in [0, 0.05) is 29.2 Å². The van der Waals surface area contributed by atoms with Crippen LogP contribution in [-0.2, 0) is 4.74 Å². The van der Waals surface area contributed by atoms with Crippen molar-refractivity contribution in [1.29, 1.82) is 0 Å². The van der Waals surface area contributed by atoms with Crippen LogP contribution >= 0.6 is 23.2 Å². The Morgan fingerprint density at radius 3 is 2.29 bits per heavy atom. The number of alkyl carbamates (subject to hydrolysis) is 1. The van der Waals surface area contributed by atoms with E-state index in [0.29, 0.717) is 42.3 Å². The van der Waals surface area contributed by atoms with Crippen molar-refractivity contribution >= 4 is 40.9 Å². The number of amides is 1. The molecule has 0 bridgehead atoms. The van der Waals surface area contributed by atoms with Gasteiger partial charge in [0.05, 0.1) is 6.20 Å². The maximum absolute atomic E-state index is 12.7. The van der Waals surface area contributed by atoms with Gasteiger partial charge in [-0.25, -0.2) is 14.8 Å². The van der Waals surface area contributed by atoms with Gasteiger partial charge in [0.15, 0.2) is 5.15 Å². The van der Waals surface area contributed by atoms with Crippen LogP contribution in [0.5, 0.6) is 0 Å². The SMILES string of the molecule is CC1(NC(=O)OC(C)(C)C)CCN(c2cnc(C(=O)c3ccc(Cl)cc3)c(Cl)n2)CC1. The third kappa shape index (κ3) is 6.08. The zero-order valence-corrected chi connectivity index (χ0v) is 19.5. The Balaban J connectivity index is 1.64. The number of rotatable bonds is 4. The lowest BCUT2D eigenvalue weighted by atomic mass is 9.90. The molecule has 0 atom stereocenters. The molecule has 0 aliphatic carbocycles. The van der Waals surface area contributed by atoms with Gasteiger partial charge in [0.2, 0.25) is 5.78 Å². The largest absolute Gasteiger partial charge is 0.444 e. The van der Waals surface area contributed by atoms with Crippen molar-refractivity contribution in [2.24, 2.45) is 0 Å². The zero-order valence-electron chi connectivity index (χ0n) is 18.0. The second kappa shape index (κ2) is 9.01. The number of carbonyl (C=O) groups excluding carboxylic acids is 2. The van der Waals surface area contributed by atoms with Crippen LogP contribution in [0, 0.1) is 0 Å². The fourth-order valence-corrected chi connectivity index (χ4v) is 3.65. The lowest BCUT2D eigenvalue weighted by Crippen LogP contribution is -2.54. The molecule has 1 aliphatic heterocycles. The van der Waals surface area contributed by atoms with E-state index in [-0.39, 0.29) is 22.2 Å². The number of ether oxygens (including phenoxy) is 1. The number of aromatic nitrogens is 2. The molecule has 1 fully saturated rings. The van der Waals surface area contributed by atoms with Gasteiger partial charge < -0.3 is 15.0 Å². The molecule has 9 heteroatoms. The minimum Gasteiger partial charge on any atom is -0.444 e. The van der Waals surface area contributed by atoms with E-state index >= 15 is 0 Å². The third-order valence-corrected chi connectivity index (χ3v) is 5.55. The number of benzene rings is 1. The van der Waals surface area contributed by atoms with Crippen molar-refractivity contribution in [2.45, 2.75) is 51.7 Å². The van der Waals surface area contributed by atoms with E-state index in [1.165, 1.54) is 0 Å². The standard InChI is InChI=1S/C22H26Cl2N4O3/c1-21(2,3)31-20(30)27-22(4)9-11-28(12-10-22)16-13-25-17(19(24)26-16)18(29)14-5-7-15(23)8-6-14/h5-8,13H,9-12H2,1-4H3,(H,27,30). The zero-order chi connectivity index (χ0) is 22.8. The lowest BCUT2D eigenvalue weighted by Gasteiger charge is -2.40. The highest BCUT2D eigenvalue weighted by Gasteiger charge is 2.33. The van der Waals surface area contributed by atoms with Gasteiger partial charge in [-0.15, -0.1) is 0 Å². The average Bonchev–Trinajstić information content (AvgIpc) is 2.66. The Kier molecular flexibility index (Phi) is 6.76. The smallest absolute Gasteiger partial charge is 0.408 e. The van der Waals surface area contributed by atoms with Crippen LogP contribution < -0.4 is 10.2 Å². The van der Waals surface area contributed by atoms with Crippen LogP contribution in [0.3, 0.4) is 0 Å². The Labute approximate surface area is 192 Å². The summed E-state index contributed by atoms with van der Waals surface area (Å²) in [5.74, 6) is 0.283. The molecule has 166 valence electrons. The maximum atomic E-state index is 12.7. The highest BCUT2D eigenvalue weighted by molar-refractivity contribution is 6.33. The molecule has 31 heavy (non-hydrogen) atoms. The van der Waals surface area contributed by atoms with Crippen LogP contribution in [0.2, 0.25) is 10.2 Å². The molecule has 1 aliphatic rings. The normalized spacial score (nSPS) is 16.0. The summed E-state index contributed by atoms with van der Waals surface area (Å²) in [6, 6.07) is 6.53. The number of anilines is 1. The van der Waals surface area contributed by atoms with Crippen molar-refractivity contribution in [3.8, 4) is 0 Å². The van der Waals surface area contributed by atoms with Crippen molar-refractivity contribution in [3.63, 3.8) is 0 Å². The highest BCUT2D eigenvalue weighted by Crippen LogP contribution is 2.27. The van der Waals surface area contributed by atoms with E-state index in [1.807, 2.05) is 32.6 Å². The molecule has 1 aromatic carbocycles. The van der Waals surface area contributed by atoms with E-state index in [0.717, 1.165) is 0 Å². The van der Waals surface area contributed by atoms with Gasteiger partial charge in [-0.3, -0.25) is 4.79 Å². The first-order valence-electron chi connectivity index (χ1n) is 10.0. The Hall–Kier alpha value is -2.38. The number of ketones is 1. The summed E-state index contributed by atoms with van der Waals surface area (Å²) in [5, 5.41) is 3.57. The van der Waals surface area contributed by atoms with Gasteiger partial charge in [-0.1, -0.05) is 23.2 Å². The molecule has 2 aromatic rings. The van der Waals surface area contributed by atoms with Crippen LogP contribution in [0.25, 0.3) is 0 Å². The minimum absolute atomic E-state index is 0.0534. The number of hydrogen-bond donors (Lipinski definition) is 1. The van der Waals surface area contributed by atoms with E-state index < -0.39 is 11.7 Å². The molecule has 1 saturated heterocycles. The number of nitrogens with one attached hydrogen (secondary N) is 1. The Morgan fingerprint density at radius 2 is 1.74 bits per heavy atom. The first kappa shape index (κ1) is 23.3. The van der Waals surface area contributed by atoms with Crippen LogP contribution in [0.1, 0.15) is 56.6 Å². The first-order chi connectivity index (χ1) is 14.5. The topological polar surface area (TPSA) is 84.4 Å². The fraction of sp³-hybridized carbons (Fsp3) is 0.455. The number of piperidine rings is 1. The second-order valence-electron chi connectivity index (χ2n) is 8.88. The summed E-state index contributed by atoms with van der Waals surface area (Å²) in [6.07, 6.45) is 2.55.